The highest BCUT2D eigenvalue weighted by Crippen LogP contribution is 2.18. The monoisotopic (exact) mass is 352 g/mol. The van der Waals surface area contributed by atoms with Crippen molar-refractivity contribution in [3.8, 4) is 0 Å². The van der Waals surface area contributed by atoms with Gasteiger partial charge in [0.05, 0.1) is 6.54 Å². The van der Waals surface area contributed by atoms with E-state index in [9.17, 15) is 9.59 Å². The van der Waals surface area contributed by atoms with Gasteiger partial charge < -0.3 is 20.9 Å². The first-order valence-corrected chi connectivity index (χ1v) is 8.28. The molecule has 6 nitrogen and oxygen atoms in total. The van der Waals surface area contributed by atoms with E-state index in [0.717, 1.165) is 25.8 Å². The van der Waals surface area contributed by atoms with Gasteiger partial charge in [-0.15, -0.1) is 12.4 Å². The van der Waals surface area contributed by atoms with Gasteiger partial charge in [0, 0.05) is 32.2 Å². The minimum atomic E-state index is -0.170. The number of urea groups is 1. The van der Waals surface area contributed by atoms with Crippen molar-refractivity contribution in [1.82, 2.24) is 15.1 Å². The van der Waals surface area contributed by atoms with Crippen LogP contribution in [-0.2, 0) is 17.8 Å². The van der Waals surface area contributed by atoms with Crippen LogP contribution in [0.5, 0.6) is 0 Å². The molecule has 2 heterocycles. The molecule has 0 aromatic heterocycles. The number of rotatable bonds is 3. The summed E-state index contributed by atoms with van der Waals surface area (Å²) < 4.78 is 0. The number of amides is 3. The fraction of sp³-hybridized carbons (Fsp3) is 0.529. The van der Waals surface area contributed by atoms with Crippen LogP contribution in [0, 0.1) is 0 Å². The number of nitrogens with one attached hydrogen (secondary N) is 1. The van der Waals surface area contributed by atoms with Crippen LogP contribution in [-0.4, -0.2) is 54.0 Å². The second-order valence-corrected chi connectivity index (χ2v) is 6.22. The quantitative estimate of drug-likeness (QED) is 0.855. The van der Waals surface area contributed by atoms with Crippen LogP contribution in [0.1, 0.15) is 24.0 Å². The molecule has 0 spiro atoms. The molecule has 132 valence electrons. The summed E-state index contributed by atoms with van der Waals surface area (Å²) in [5, 5.41) is 2.76. The number of nitrogens with two attached hydrogens (primary N) is 1. The highest BCUT2D eigenvalue weighted by Gasteiger charge is 2.28. The molecule has 3 rings (SSSR count). The summed E-state index contributed by atoms with van der Waals surface area (Å²) in [6.45, 7) is 2.57. The van der Waals surface area contributed by atoms with E-state index < -0.39 is 0 Å². The minimum Gasteiger partial charge on any atom is -0.337 e. The summed E-state index contributed by atoms with van der Waals surface area (Å²) in [5.74, 6) is -0.0382. The molecular formula is C17H25ClN4O2. The molecule has 7 heteroatoms. The average molecular weight is 353 g/mol. The Balaban J connectivity index is 0.00000208. The normalized spacial score (nSPS) is 19.5. The third kappa shape index (κ3) is 3.99. The van der Waals surface area contributed by atoms with Crippen LogP contribution in [0.25, 0.3) is 0 Å². The number of hydrogen-bond acceptors (Lipinski definition) is 3. The second-order valence-electron chi connectivity index (χ2n) is 6.22. The number of carbonyl (C=O) groups is 2. The number of nitrogens with zero attached hydrogens (tertiary/aromatic N) is 2. The smallest absolute Gasteiger partial charge is 0.318 e. The maximum absolute atomic E-state index is 12.3. The lowest BCUT2D eigenvalue weighted by Gasteiger charge is -2.29. The molecule has 0 radical (unpaired) electrons. The molecule has 24 heavy (non-hydrogen) atoms. The Morgan fingerprint density at radius 2 is 1.96 bits per heavy atom. The van der Waals surface area contributed by atoms with Gasteiger partial charge in [-0.25, -0.2) is 4.79 Å². The highest BCUT2D eigenvalue weighted by molar-refractivity contribution is 5.85. The summed E-state index contributed by atoms with van der Waals surface area (Å²) in [5.41, 5.74) is 8.18. The largest absolute Gasteiger partial charge is 0.337 e. The van der Waals surface area contributed by atoms with Gasteiger partial charge in [0.15, 0.2) is 0 Å². The lowest BCUT2D eigenvalue weighted by molar-refractivity contribution is -0.130. The lowest BCUT2D eigenvalue weighted by Crippen LogP contribution is -2.48. The van der Waals surface area contributed by atoms with Crippen LogP contribution < -0.4 is 11.1 Å². The summed E-state index contributed by atoms with van der Waals surface area (Å²) >= 11 is 0. The van der Waals surface area contributed by atoms with Crippen molar-refractivity contribution in [3.05, 3.63) is 35.4 Å². The van der Waals surface area contributed by atoms with E-state index in [1.807, 2.05) is 12.1 Å². The van der Waals surface area contributed by atoms with Crippen LogP contribution in [0.2, 0.25) is 0 Å². The van der Waals surface area contributed by atoms with E-state index in [1.54, 1.807) is 9.80 Å². The van der Waals surface area contributed by atoms with Gasteiger partial charge in [-0.3, -0.25) is 4.79 Å². The van der Waals surface area contributed by atoms with Gasteiger partial charge in [-0.1, -0.05) is 24.3 Å². The van der Waals surface area contributed by atoms with Gasteiger partial charge >= 0.3 is 6.03 Å². The molecule has 1 fully saturated rings. The van der Waals surface area contributed by atoms with E-state index in [1.165, 1.54) is 11.1 Å². The number of halogens is 1. The Kier molecular flexibility index (Phi) is 6.45. The zero-order chi connectivity index (χ0) is 16.2. The molecule has 1 aromatic rings. The van der Waals surface area contributed by atoms with Gasteiger partial charge in [-0.2, -0.15) is 0 Å². The van der Waals surface area contributed by atoms with E-state index in [-0.39, 0.29) is 36.9 Å². The van der Waals surface area contributed by atoms with Crippen LogP contribution in [0.3, 0.4) is 0 Å². The van der Waals surface area contributed by atoms with E-state index in [0.29, 0.717) is 19.6 Å². The molecule has 3 amide bonds. The third-order valence-electron chi connectivity index (χ3n) is 4.78. The molecule has 2 aliphatic rings. The predicted molar refractivity (Wildman–Crippen MR) is 95.0 cm³/mol. The molecule has 1 saturated heterocycles. The molecule has 1 unspecified atom stereocenters. The van der Waals surface area contributed by atoms with Crippen molar-refractivity contribution in [1.29, 1.82) is 0 Å². The van der Waals surface area contributed by atoms with Crippen molar-refractivity contribution in [2.45, 2.75) is 31.8 Å². The first-order chi connectivity index (χ1) is 11.2. The number of likely N-dealkylation sites (tertiary alicyclic amines) is 1. The van der Waals surface area contributed by atoms with Gasteiger partial charge in [0.2, 0.25) is 5.91 Å². The van der Waals surface area contributed by atoms with Crippen molar-refractivity contribution in [3.63, 3.8) is 0 Å². The SMILES string of the molecule is Cl.NCC1CCCN1C(=O)CNC(=O)N1CCc2ccccc2C1. The Morgan fingerprint density at radius 1 is 1.21 bits per heavy atom. The molecular weight excluding hydrogens is 328 g/mol. The molecule has 3 N–H and O–H groups in total. The van der Waals surface area contributed by atoms with Crippen molar-refractivity contribution in [2.24, 2.45) is 5.73 Å². The van der Waals surface area contributed by atoms with Gasteiger partial charge in [0.1, 0.15) is 0 Å². The molecule has 1 aromatic carbocycles. The summed E-state index contributed by atoms with van der Waals surface area (Å²) in [6.07, 6.45) is 2.81. The fourth-order valence-corrected chi connectivity index (χ4v) is 3.44. The van der Waals surface area contributed by atoms with Crippen LogP contribution >= 0.6 is 12.4 Å². The second kappa shape index (κ2) is 8.35. The molecule has 0 saturated carbocycles. The first kappa shape index (κ1) is 18.5. The first-order valence-electron chi connectivity index (χ1n) is 8.28. The zero-order valence-electron chi connectivity index (χ0n) is 13.7. The van der Waals surface area contributed by atoms with Crippen LogP contribution in [0.15, 0.2) is 24.3 Å². The number of hydrogen-bond donors (Lipinski definition) is 2. The average Bonchev–Trinajstić information content (AvgIpc) is 3.07. The maximum atomic E-state index is 12.3. The van der Waals surface area contributed by atoms with Gasteiger partial charge in [-0.05, 0) is 30.4 Å². The Bertz CT molecular complexity index is 596. The lowest BCUT2D eigenvalue weighted by atomic mass is 10.0. The molecule has 0 aliphatic carbocycles. The highest BCUT2D eigenvalue weighted by atomic mass is 35.5. The number of benzene rings is 1. The Hall–Kier alpha value is -1.79. The van der Waals surface area contributed by atoms with Crippen molar-refractivity contribution >= 4 is 24.3 Å². The molecule has 1 atom stereocenters. The van der Waals surface area contributed by atoms with Gasteiger partial charge in [0.25, 0.3) is 0 Å². The zero-order valence-corrected chi connectivity index (χ0v) is 14.6. The Labute approximate surface area is 148 Å². The van der Waals surface area contributed by atoms with Crippen molar-refractivity contribution < 1.29 is 9.59 Å². The summed E-state index contributed by atoms with van der Waals surface area (Å²) in [7, 11) is 0. The third-order valence-corrected chi connectivity index (χ3v) is 4.78. The topological polar surface area (TPSA) is 78.7 Å². The molecule has 0 bridgehead atoms. The summed E-state index contributed by atoms with van der Waals surface area (Å²) in [4.78, 5) is 28.1. The fourth-order valence-electron chi connectivity index (χ4n) is 3.44. The van der Waals surface area contributed by atoms with Crippen molar-refractivity contribution in [2.75, 3.05) is 26.2 Å². The Morgan fingerprint density at radius 3 is 2.71 bits per heavy atom. The van der Waals surface area contributed by atoms with E-state index in [4.69, 9.17) is 5.73 Å². The van der Waals surface area contributed by atoms with E-state index in [2.05, 4.69) is 17.4 Å². The minimum absolute atomic E-state index is 0. The molecule has 2 aliphatic heterocycles. The number of fused-ring (bicyclic) bond motifs is 1. The standard InChI is InChI=1S/C17H24N4O2.ClH/c18-10-15-6-3-8-21(15)16(22)11-19-17(23)20-9-7-13-4-1-2-5-14(13)12-20;/h1-2,4-5,15H,3,6-12,18H2,(H,19,23);1H. The summed E-state index contributed by atoms with van der Waals surface area (Å²) in [6, 6.07) is 8.13. The van der Waals surface area contributed by atoms with E-state index >= 15 is 0 Å². The van der Waals surface area contributed by atoms with Crippen LogP contribution in [0.4, 0.5) is 4.79 Å². The number of carbonyl (C=O) groups excluding carboxylic acids is 2. The maximum Gasteiger partial charge on any atom is 0.318 e. The predicted octanol–water partition coefficient (Wildman–Crippen LogP) is 1.13.